The van der Waals surface area contributed by atoms with Crippen molar-refractivity contribution in [3.05, 3.63) is 0 Å². The van der Waals surface area contributed by atoms with Crippen LogP contribution >= 0.6 is 0 Å². The predicted molar refractivity (Wildman–Crippen MR) is 34.7 cm³/mol. The standard InChI is InChI=1S/C7H15O.Au/c1-4-5-6-7(2,3)8;/h4-6H2,1-3H3;/q-1;+1. The Balaban J connectivity index is 3.33. The Kier molecular flexibility index (Phi) is 4.86. The van der Waals surface area contributed by atoms with E-state index in [-0.39, 0.29) is 5.60 Å². The third-order valence-electron chi connectivity index (χ3n) is 1.30. The van der Waals surface area contributed by atoms with Crippen LogP contribution in [-0.2, 0) is 24.7 Å². The van der Waals surface area contributed by atoms with Gasteiger partial charge in [0.05, 0.1) is 0 Å². The molecule has 0 saturated heterocycles. The molecule has 0 N–H and O–H groups in total. The van der Waals surface area contributed by atoms with Crippen LogP contribution in [0.5, 0.6) is 0 Å². The van der Waals surface area contributed by atoms with Crippen LogP contribution in [0.2, 0.25) is 0 Å². The first-order valence-electron chi connectivity index (χ1n) is 3.39. The van der Waals surface area contributed by atoms with Crippen molar-refractivity contribution in [3.63, 3.8) is 0 Å². The summed E-state index contributed by atoms with van der Waals surface area (Å²) in [5.74, 6) is 0. The van der Waals surface area contributed by atoms with E-state index >= 15 is 0 Å². The molecular weight excluding hydrogens is 297 g/mol. The van der Waals surface area contributed by atoms with Crippen molar-refractivity contribution in [2.75, 3.05) is 0 Å². The molecule has 0 aliphatic heterocycles. The molecule has 0 heterocycles. The summed E-state index contributed by atoms with van der Waals surface area (Å²) in [5.41, 5.74) is 0.0686. The van der Waals surface area contributed by atoms with Gasteiger partial charge in [0, 0.05) is 0 Å². The van der Waals surface area contributed by atoms with E-state index in [9.17, 15) is 0 Å². The Morgan fingerprint density at radius 3 is 2.33 bits per heavy atom. The van der Waals surface area contributed by atoms with Crippen molar-refractivity contribution in [1.29, 1.82) is 0 Å². The summed E-state index contributed by atoms with van der Waals surface area (Å²) < 4.78 is 5.18. The van der Waals surface area contributed by atoms with Crippen LogP contribution < -0.4 is 0 Å². The molecule has 0 unspecified atom stereocenters. The molecule has 0 aliphatic carbocycles. The van der Waals surface area contributed by atoms with Gasteiger partial charge in [0.2, 0.25) is 0 Å². The van der Waals surface area contributed by atoms with Crippen LogP contribution in [0.15, 0.2) is 0 Å². The average Bonchev–Trinajstić information content (AvgIpc) is 1.84. The summed E-state index contributed by atoms with van der Waals surface area (Å²) in [6.07, 6.45) is 3.66. The summed E-state index contributed by atoms with van der Waals surface area (Å²) in [6.45, 7) is 6.42. The summed E-state index contributed by atoms with van der Waals surface area (Å²) in [4.78, 5) is 0. The fraction of sp³-hybridized carbons (Fsp3) is 1.00. The summed E-state index contributed by atoms with van der Waals surface area (Å²) in [6, 6.07) is 0. The molecule has 0 aliphatic rings. The molecule has 9 heavy (non-hydrogen) atoms. The molecule has 0 aromatic carbocycles. The number of hydrogen-bond donors (Lipinski definition) is 0. The summed E-state index contributed by atoms with van der Waals surface area (Å²) >= 11 is 2.14. The van der Waals surface area contributed by atoms with E-state index in [2.05, 4.69) is 42.2 Å². The SMILES string of the molecule is CCCCC(C)(C)[O][Au]. The topological polar surface area (TPSA) is 9.23 Å². The predicted octanol–water partition coefficient (Wildman–Crippen LogP) is 2.43. The van der Waals surface area contributed by atoms with Crippen LogP contribution in [0.4, 0.5) is 0 Å². The van der Waals surface area contributed by atoms with Crippen molar-refractivity contribution in [3.8, 4) is 0 Å². The first kappa shape index (κ1) is 9.70. The molecule has 0 spiro atoms. The molecule has 2 heteroatoms. The second-order valence-corrected chi connectivity index (χ2v) is 3.37. The van der Waals surface area contributed by atoms with E-state index in [0.29, 0.717) is 0 Å². The van der Waals surface area contributed by atoms with Gasteiger partial charge in [0.25, 0.3) is 0 Å². The van der Waals surface area contributed by atoms with Crippen LogP contribution in [0.3, 0.4) is 0 Å². The molecule has 0 atom stereocenters. The average molecular weight is 312 g/mol. The van der Waals surface area contributed by atoms with Gasteiger partial charge in [0.1, 0.15) is 0 Å². The minimum atomic E-state index is 0.0686. The van der Waals surface area contributed by atoms with Gasteiger partial charge in [-0.05, 0) is 0 Å². The molecule has 0 fully saturated rings. The van der Waals surface area contributed by atoms with E-state index < -0.39 is 0 Å². The van der Waals surface area contributed by atoms with Gasteiger partial charge in [-0.2, -0.15) is 0 Å². The van der Waals surface area contributed by atoms with Gasteiger partial charge >= 0.3 is 70.3 Å². The molecule has 0 aromatic rings. The second kappa shape index (κ2) is 4.51. The maximum absolute atomic E-state index is 5.18. The second-order valence-electron chi connectivity index (χ2n) is 2.92. The van der Waals surface area contributed by atoms with Crippen LogP contribution in [-0.4, -0.2) is 5.60 Å². The van der Waals surface area contributed by atoms with Gasteiger partial charge in [-0.1, -0.05) is 0 Å². The van der Waals surface area contributed by atoms with Crippen molar-refractivity contribution in [2.24, 2.45) is 0 Å². The van der Waals surface area contributed by atoms with Crippen molar-refractivity contribution in [2.45, 2.75) is 45.6 Å². The zero-order valence-electron chi connectivity index (χ0n) is 6.33. The number of hydrogen-bond acceptors (Lipinski definition) is 1. The molecular formula is C7H15AuO. The minimum absolute atomic E-state index is 0.0686. The monoisotopic (exact) mass is 312 g/mol. The Morgan fingerprint density at radius 2 is 2.00 bits per heavy atom. The molecule has 0 saturated carbocycles. The molecule has 0 aromatic heterocycles. The quantitative estimate of drug-likeness (QED) is 0.725. The molecule has 1 nitrogen and oxygen atoms in total. The zero-order valence-corrected chi connectivity index (χ0v) is 8.50. The van der Waals surface area contributed by atoms with Gasteiger partial charge in [-0.3, -0.25) is 0 Å². The molecule has 0 rings (SSSR count). The van der Waals surface area contributed by atoms with Gasteiger partial charge in [-0.25, -0.2) is 0 Å². The Morgan fingerprint density at radius 1 is 1.44 bits per heavy atom. The fourth-order valence-electron chi connectivity index (χ4n) is 0.633. The van der Waals surface area contributed by atoms with Gasteiger partial charge in [0.15, 0.2) is 0 Å². The van der Waals surface area contributed by atoms with Gasteiger partial charge < -0.3 is 0 Å². The third kappa shape index (κ3) is 5.16. The van der Waals surface area contributed by atoms with E-state index in [0.717, 1.165) is 6.42 Å². The molecule has 0 radical (unpaired) electrons. The van der Waals surface area contributed by atoms with Crippen LogP contribution in [0, 0.1) is 0 Å². The van der Waals surface area contributed by atoms with Crippen LogP contribution in [0.25, 0.3) is 0 Å². The summed E-state index contributed by atoms with van der Waals surface area (Å²) in [5, 5.41) is 0. The van der Waals surface area contributed by atoms with E-state index in [1.54, 1.807) is 0 Å². The van der Waals surface area contributed by atoms with Gasteiger partial charge in [-0.15, -0.1) is 0 Å². The zero-order chi connectivity index (χ0) is 7.33. The molecule has 0 bridgehead atoms. The first-order chi connectivity index (χ1) is 4.12. The van der Waals surface area contributed by atoms with E-state index in [4.69, 9.17) is 3.24 Å². The molecule has 60 valence electrons. The Bertz CT molecular complexity index is 71.3. The normalized spacial score (nSPS) is 12.1. The van der Waals surface area contributed by atoms with E-state index in [1.807, 2.05) is 0 Å². The van der Waals surface area contributed by atoms with Crippen LogP contribution in [0.1, 0.15) is 40.0 Å². The summed E-state index contributed by atoms with van der Waals surface area (Å²) in [7, 11) is 0. The Labute approximate surface area is 70.6 Å². The first-order valence-corrected chi connectivity index (χ1v) is 4.27. The maximum atomic E-state index is 5.18. The van der Waals surface area contributed by atoms with Crippen molar-refractivity contribution < 1.29 is 24.7 Å². The Hall–Kier alpha value is 0.700. The van der Waals surface area contributed by atoms with Crippen molar-refractivity contribution >= 4 is 0 Å². The molecule has 0 amide bonds. The fourth-order valence-corrected chi connectivity index (χ4v) is 0.854. The number of rotatable bonds is 4. The van der Waals surface area contributed by atoms with E-state index in [1.165, 1.54) is 12.8 Å². The third-order valence-corrected chi connectivity index (χ3v) is 2.50. The number of unbranched alkanes of at least 4 members (excludes halogenated alkanes) is 1. The van der Waals surface area contributed by atoms with Crippen molar-refractivity contribution in [1.82, 2.24) is 0 Å².